The fourth-order valence-corrected chi connectivity index (χ4v) is 0.288. The molecule has 0 aromatic rings. The van der Waals surface area contributed by atoms with E-state index < -0.39 is 5.60 Å². The van der Waals surface area contributed by atoms with E-state index in [1.807, 2.05) is 0 Å². The molecule has 0 saturated carbocycles. The van der Waals surface area contributed by atoms with Crippen molar-refractivity contribution < 1.29 is 5.11 Å². The summed E-state index contributed by atoms with van der Waals surface area (Å²) < 4.78 is 0. The third-order valence-corrected chi connectivity index (χ3v) is 0.617. The van der Waals surface area contributed by atoms with Gasteiger partial charge in [-0.05, 0) is 20.3 Å². The van der Waals surface area contributed by atoms with E-state index in [0.29, 0.717) is 6.42 Å². The first kappa shape index (κ1) is 6.70. The summed E-state index contributed by atoms with van der Waals surface area (Å²) in [6, 6.07) is 0. The molecule has 0 aliphatic heterocycles. The van der Waals surface area contributed by atoms with Crippen molar-refractivity contribution in [3.63, 3.8) is 0 Å². The van der Waals surface area contributed by atoms with Crippen molar-refractivity contribution in [1.82, 2.24) is 0 Å². The van der Waals surface area contributed by atoms with Crippen LogP contribution in [0, 0.1) is 6.58 Å². The first-order chi connectivity index (χ1) is 3.06. The van der Waals surface area contributed by atoms with Crippen molar-refractivity contribution in [2.75, 3.05) is 0 Å². The van der Waals surface area contributed by atoms with Crippen LogP contribution in [-0.4, -0.2) is 10.7 Å². The Kier molecular flexibility index (Phi) is 2.03. The predicted octanol–water partition coefficient (Wildman–Crippen LogP) is 1.14. The van der Waals surface area contributed by atoms with Gasteiger partial charge in [0.15, 0.2) is 0 Å². The maximum Gasteiger partial charge on any atom is 0.0626 e. The first-order valence-corrected chi connectivity index (χ1v) is 2.32. The minimum absolute atomic E-state index is 0.549. The van der Waals surface area contributed by atoms with Crippen molar-refractivity contribution in [2.24, 2.45) is 0 Å². The normalized spacial score (nSPS) is 11.3. The van der Waals surface area contributed by atoms with E-state index >= 15 is 0 Å². The molecule has 0 fully saturated rings. The average molecular weight is 99.2 g/mol. The van der Waals surface area contributed by atoms with E-state index in [4.69, 9.17) is 11.7 Å². The molecular weight excluding hydrogens is 88.1 g/mol. The lowest BCUT2D eigenvalue weighted by atomic mass is 10.1. The fourth-order valence-electron chi connectivity index (χ4n) is 0.288. The molecule has 0 aliphatic rings. The number of hydrogen-bond acceptors (Lipinski definition) is 1. The number of rotatable bonds is 2. The molecule has 0 rings (SSSR count). The predicted molar refractivity (Wildman–Crippen MR) is 29.8 cm³/mol. The molecule has 0 saturated heterocycles. The van der Waals surface area contributed by atoms with Crippen LogP contribution in [0.1, 0.15) is 20.3 Å². The van der Waals surface area contributed by atoms with E-state index in [-0.39, 0.29) is 0 Å². The topological polar surface area (TPSA) is 20.2 Å². The SMILES string of the molecule is [CH]=CCC(C)(C)O. The summed E-state index contributed by atoms with van der Waals surface area (Å²) in [5, 5.41) is 8.91. The highest BCUT2D eigenvalue weighted by atomic mass is 16.3. The van der Waals surface area contributed by atoms with Gasteiger partial charge < -0.3 is 5.11 Å². The molecule has 0 heterocycles. The summed E-state index contributed by atoms with van der Waals surface area (Å²) in [5.41, 5.74) is -0.630. The summed E-state index contributed by atoms with van der Waals surface area (Å²) in [4.78, 5) is 0. The summed E-state index contributed by atoms with van der Waals surface area (Å²) in [5.74, 6) is 0. The summed E-state index contributed by atoms with van der Waals surface area (Å²) in [7, 11) is 0. The zero-order valence-corrected chi connectivity index (χ0v) is 4.81. The molecular formula is C6H11O. The van der Waals surface area contributed by atoms with Crippen LogP contribution in [0.3, 0.4) is 0 Å². The van der Waals surface area contributed by atoms with Crippen LogP contribution in [0.2, 0.25) is 0 Å². The van der Waals surface area contributed by atoms with Gasteiger partial charge in [0.2, 0.25) is 0 Å². The largest absolute Gasteiger partial charge is 0.390 e. The van der Waals surface area contributed by atoms with Crippen molar-refractivity contribution in [3.05, 3.63) is 12.7 Å². The highest BCUT2D eigenvalue weighted by molar-refractivity contribution is 4.75. The zero-order chi connectivity index (χ0) is 5.91. The van der Waals surface area contributed by atoms with Crippen LogP contribution in [-0.2, 0) is 0 Å². The van der Waals surface area contributed by atoms with Crippen molar-refractivity contribution in [3.8, 4) is 0 Å². The van der Waals surface area contributed by atoms with Gasteiger partial charge in [0.25, 0.3) is 0 Å². The maximum absolute atomic E-state index is 8.91. The standard InChI is InChI=1S/C6H11O/c1-4-5-6(2,3)7/h1,4,7H,5H2,2-3H3. The van der Waals surface area contributed by atoms with Crippen LogP contribution >= 0.6 is 0 Å². The maximum atomic E-state index is 8.91. The molecule has 0 aliphatic carbocycles. The second kappa shape index (κ2) is 2.12. The lowest BCUT2D eigenvalue weighted by Crippen LogP contribution is -2.16. The van der Waals surface area contributed by atoms with Gasteiger partial charge in [-0.1, -0.05) is 12.7 Å². The van der Waals surface area contributed by atoms with Gasteiger partial charge in [-0.3, -0.25) is 0 Å². The molecule has 7 heavy (non-hydrogen) atoms. The molecule has 0 atom stereocenters. The van der Waals surface area contributed by atoms with E-state index in [0.717, 1.165) is 0 Å². The quantitative estimate of drug-likeness (QED) is 0.550. The lowest BCUT2D eigenvalue weighted by Gasteiger charge is -2.12. The average Bonchev–Trinajstić information content (AvgIpc) is 1.30. The van der Waals surface area contributed by atoms with Crippen molar-refractivity contribution >= 4 is 0 Å². The van der Waals surface area contributed by atoms with Crippen LogP contribution in [0.25, 0.3) is 0 Å². The summed E-state index contributed by atoms with van der Waals surface area (Å²) >= 11 is 0. The second-order valence-corrected chi connectivity index (χ2v) is 2.25. The van der Waals surface area contributed by atoms with E-state index in [1.165, 1.54) is 6.08 Å². The van der Waals surface area contributed by atoms with E-state index in [2.05, 4.69) is 0 Å². The Morgan fingerprint density at radius 2 is 2.14 bits per heavy atom. The van der Waals surface area contributed by atoms with Gasteiger partial charge in [-0.15, -0.1) is 0 Å². The molecule has 0 spiro atoms. The first-order valence-electron chi connectivity index (χ1n) is 2.32. The van der Waals surface area contributed by atoms with E-state index in [1.54, 1.807) is 13.8 Å². The van der Waals surface area contributed by atoms with Crippen LogP contribution in [0.5, 0.6) is 0 Å². The van der Waals surface area contributed by atoms with Gasteiger partial charge in [-0.25, -0.2) is 0 Å². The van der Waals surface area contributed by atoms with E-state index in [9.17, 15) is 0 Å². The van der Waals surface area contributed by atoms with Gasteiger partial charge >= 0.3 is 0 Å². The molecule has 0 amide bonds. The highest BCUT2D eigenvalue weighted by Crippen LogP contribution is 2.05. The Labute approximate surface area is 44.7 Å². The molecule has 1 N–H and O–H groups in total. The van der Waals surface area contributed by atoms with Gasteiger partial charge in [0.05, 0.1) is 5.60 Å². The lowest BCUT2D eigenvalue weighted by molar-refractivity contribution is 0.0839. The van der Waals surface area contributed by atoms with Crippen LogP contribution in [0.4, 0.5) is 0 Å². The molecule has 1 nitrogen and oxygen atoms in total. The van der Waals surface area contributed by atoms with Gasteiger partial charge in [0.1, 0.15) is 0 Å². The molecule has 1 heteroatoms. The van der Waals surface area contributed by atoms with Crippen molar-refractivity contribution in [1.29, 1.82) is 0 Å². The Bertz CT molecular complexity index is 59.1. The molecule has 41 valence electrons. The summed E-state index contributed by atoms with van der Waals surface area (Å²) in [6.07, 6.45) is 2.01. The fraction of sp³-hybridized carbons (Fsp3) is 0.667. The zero-order valence-electron chi connectivity index (χ0n) is 4.81. The molecule has 0 bridgehead atoms. The Morgan fingerprint density at radius 3 is 2.14 bits per heavy atom. The van der Waals surface area contributed by atoms with Gasteiger partial charge in [-0.2, -0.15) is 0 Å². The second-order valence-electron chi connectivity index (χ2n) is 2.25. The molecule has 0 aromatic carbocycles. The monoisotopic (exact) mass is 99.1 g/mol. The highest BCUT2D eigenvalue weighted by Gasteiger charge is 2.07. The number of aliphatic hydroxyl groups is 1. The minimum Gasteiger partial charge on any atom is -0.390 e. The number of hydrogen-bond donors (Lipinski definition) is 1. The third-order valence-electron chi connectivity index (χ3n) is 0.617. The summed E-state index contributed by atoms with van der Waals surface area (Å²) in [6.45, 7) is 8.47. The van der Waals surface area contributed by atoms with Crippen molar-refractivity contribution in [2.45, 2.75) is 25.9 Å². The Balaban J connectivity index is 3.34. The van der Waals surface area contributed by atoms with Crippen LogP contribution in [0.15, 0.2) is 6.08 Å². The minimum atomic E-state index is -0.630. The molecule has 0 unspecified atom stereocenters. The Hall–Kier alpha value is -0.300. The molecule has 1 radical (unpaired) electrons. The molecule has 0 aromatic heterocycles. The third kappa shape index (κ3) is 5.70. The van der Waals surface area contributed by atoms with Gasteiger partial charge in [0, 0.05) is 0 Å². The van der Waals surface area contributed by atoms with Crippen LogP contribution < -0.4 is 0 Å². The Morgan fingerprint density at radius 1 is 1.71 bits per heavy atom. The smallest absolute Gasteiger partial charge is 0.0626 e.